The van der Waals surface area contributed by atoms with Crippen molar-refractivity contribution >= 4 is 22.6 Å². The summed E-state index contributed by atoms with van der Waals surface area (Å²) < 4.78 is 1.55. The lowest BCUT2D eigenvalue weighted by Gasteiger charge is -2.24. The molecular formula is C24H23N5O2. The summed E-state index contributed by atoms with van der Waals surface area (Å²) in [6.07, 6.45) is 9.89. The van der Waals surface area contributed by atoms with Crippen molar-refractivity contribution in [3.8, 4) is 11.3 Å². The topological polar surface area (TPSA) is 92.7 Å². The molecule has 1 aliphatic rings. The third-order valence-corrected chi connectivity index (χ3v) is 6.07. The number of pyridine rings is 3. The average Bonchev–Trinajstić information content (AvgIpc) is 3.27. The van der Waals surface area contributed by atoms with E-state index in [2.05, 4.69) is 15.3 Å². The number of fused-ring (bicyclic) bond motifs is 2. The lowest BCUT2D eigenvalue weighted by molar-refractivity contribution is -0.117. The summed E-state index contributed by atoms with van der Waals surface area (Å²) in [5.74, 6) is 0.248. The van der Waals surface area contributed by atoms with E-state index >= 15 is 0 Å². The molecule has 0 bridgehead atoms. The molecule has 1 unspecified atom stereocenters. The third-order valence-electron chi connectivity index (χ3n) is 6.07. The Balaban J connectivity index is 1.51. The van der Waals surface area contributed by atoms with E-state index in [0.717, 1.165) is 52.6 Å². The second kappa shape index (κ2) is 7.50. The van der Waals surface area contributed by atoms with Crippen LogP contribution in [0.4, 0.5) is 5.82 Å². The van der Waals surface area contributed by atoms with Crippen molar-refractivity contribution in [1.82, 2.24) is 19.5 Å². The normalized spacial score (nSPS) is 15.6. The third kappa shape index (κ3) is 3.32. The zero-order chi connectivity index (χ0) is 21.5. The monoisotopic (exact) mass is 413 g/mol. The number of aryl methyl sites for hydroxylation is 3. The minimum absolute atomic E-state index is 0.0540. The van der Waals surface area contributed by atoms with E-state index in [1.807, 2.05) is 37.4 Å². The van der Waals surface area contributed by atoms with Crippen LogP contribution in [0.15, 0.2) is 53.8 Å². The fourth-order valence-corrected chi connectivity index (χ4v) is 4.45. The van der Waals surface area contributed by atoms with Crippen molar-refractivity contribution in [2.24, 2.45) is 7.05 Å². The molecule has 0 fully saturated rings. The van der Waals surface area contributed by atoms with Gasteiger partial charge in [0.1, 0.15) is 11.3 Å². The molecule has 1 atom stereocenters. The highest BCUT2D eigenvalue weighted by molar-refractivity contribution is 5.97. The Bertz CT molecular complexity index is 1370. The van der Waals surface area contributed by atoms with Crippen molar-refractivity contribution in [2.75, 3.05) is 5.32 Å². The maximum atomic E-state index is 13.1. The van der Waals surface area contributed by atoms with E-state index in [1.54, 1.807) is 30.2 Å². The number of nitrogens with zero attached hydrogens (tertiary/aromatic N) is 3. The number of amides is 1. The van der Waals surface area contributed by atoms with Crippen LogP contribution in [0.2, 0.25) is 0 Å². The van der Waals surface area contributed by atoms with Gasteiger partial charge in [-0.25, -0.2) is 4.98 Å². The second-order valence-corrected chi connectivity index (χ2v) is 8.10. The summed E-state index contributed by atoms with van der Waals surface area (Å²) >= 11 is 0. The first-order chi connectivity index (χ1) is 15.0. The minimum Gasteiger partial charge on any atom is -0.357 e. The van der Waals surface area contributed by atoms with E-state index in [9.17, 15) is 9.59 Å². The average molecular weight is 413 g/mol. The molecule has 4 aromatic heterocycles. The van der Waals surface area contributed by atoms with Gasteiger partial charge in [0.2, 0.25) is 5.91 Å². The van der Waals surface area contributed by atoms with Gasteiger partial charge in [-0.3, -0.25) is 14.6 Å². The molecule has 31 heavy (non-hydrogen) atoms. The van der Waals surface area contributed by atoms with Crippen LogP contribution in [0.1, 0.15) is 35.4 Å². The Kier molecular flexibility index (Phi) is 4.66. The number of hydrogen-bond donors (Lipinski definition) is 2. The summed E-state index contributed by atoms with van der Waals surface area (Å²) in [7, 11) is 1.72. The number of hydrogen-bond acceptors (Lipinski definition) is 4. The highest BCUT2D eigenvalue weighted by Crippen LogP contribution is 2.33. The molecule has 2 N–H and O–H groups in total. The molecule has 0 saturated carbocycles. The van der Waals surface area contributed by atoms with Crippen LogP contribution in [0.3, 0.4) is 0 Å². The molecule has 4 aromatic rings. The van der Waals surface area contributed by atoms with Gasteiger partial charge in [0.25, 0.3) is 5.56 Å². The van der Waals surface area contributed by atoms with Gasteiger partial charge in [-0.05, 0) is 61.1 Å². The fourth-order valence-electron chi connectivity index (χ4n) is 4.45. The van der Waals surface area contributed by atoms with Crippen LogP contribution in [-0.4, -0.2) is 25.4 Å². The van der Waals surface area contributed by atoms with Gasteiger partial charge < -0.3 is 14.9 Å². The van der Waals surface area contributed by atoms with E-state index in [1.165, 1.54) is 0 Å². The first kappa shape index (κ1) is 19.2. The largest absolute Gasteiger partial charge is 0.357 e. The molecular weight excluding hydrogens is 390 g/mol. The molecule has 0 aliphatic heterocycles. The first-order valence-electron chi connectivity index (χ1n) is 10.4. The summed E-state index contributed by atoms with van der Waals surface area (Å²) in [5.41, 5.74) is 5.21. The van der Waals surface area contributed by atoms with E-state index in [0.29, 0.717) is 11.3 Å². The summed E-state index contributed by atoms with van der Waals surface area (Å²) in [5, 5.41) is 3.83. The molecule has 7 nitrogen and oxygen atoms in total. The zero-order valence-corrected chi connectivity index (χ0v) is 17.5. The van der Waals surface area contributed by atoms with Crippen LogP contribution in [0.25, 0.3) is 22.2 Å². The summed E-state index contributed by atoms with van der Waals surface area (Å²) in [6.45, 7) is 1.97. The van der Waals surface area contributed by atoms with Crippen LogP contribution < -0.4 is 10.9 Å². The van der Waals surface area contributed by atoms with Gasteiger partial charge in [0, 0.05) is 42.8 Å². The van der Waals surface area contributed by atoms with Crippen molar-refractivity contribution in [1.29, 1.82) is 0 Å². The number of carbonyl (C=O) groups is 1. The summed E-state index contributed by atoms with van der Waals surface area (Å²) in [4.78, 5) is 37.5. The summed E-state index contributed by atoms with van der Waals surface area (Å²) in [6, 6.07) is 7.59. The van der Waals surface area contributed by atoms with Gasteiger partial charge in [-0.15, -0.1) is 0 Å². The Hall–Kier alpha value is -3.74. The molecule has 7 heteroatoms. The molecule has 4 heterocycles. The van der Waals surface area contributed by atoms with E-state index < -0.39 is 0 Å². The number of rotatable bonds is 3. The molecule has 1 aliphatic carbocycles. The van der Waals surface area contributed by atoms with Crippen molar-refractivity contribution in [2.45, 2.75) is 32.1 Å². The smallest absolute Gasteiger partial charge is 0.274 e. The number of nitrogens with one attached hydrogen (secondary N) is 2. The number of H-pyrrole nitrogens is 1. The highest BCUT2D eigenvalue weighted by atomic mass is 16.2. The highest BCUT2D eigenvalue weighted by Gasteiger charge is 2.27. The van der Waals surface area contributed by atoms with Gasteiger partial charge in [-0.2, -0.15) is 0 Å². The SMILES string of the molecule is Cc1ccc(NC(=O)C2CCCc3cnccc32)nc1-c1cn(C)c(=O)c2[nH]ccc12. The molecule has 0 radical (unpaired) electrons. The number of anilines is 1. The predicted molar refractivity (Wildman–Crippen MR) is 120 cm³/mol. The standard InChI is InChI=1S/C24H23N5O2/c1-14-6-7-20(28-23(30)18-5-3-4-15-12-25-10-8-16(15)18)27-21(14)19-13-29(2)24(31)22-17(19)9-11-26-22/h6-13,18,26H,3-5H2,1-2H3,(H,27,28,30). The number of aromatic nitrogens is 4. The van der Waals surface area contributed by atoms with Crippen LogP contribution in [-0.2, 0) is 18.3 Å². The maximum Gasteiger partial charge on any atom is 0.274 e. The Labute approximate surface area is 179 Å². The van der Waals surface area contributed by atoms with Crippen molar-refractivity contribution < 1.29 is 4.79 Å². The van der Waals surface area contributed by atoms with Gasteiger partial charge in [0.05, 0.1) is 11.6 Å². The predicted octanol–water partition coefficient (Wildman–Crippen LogP) is 3.69. The Morgan fingerprint density at radius 2 is 2.13 bits per heavy atom. The molecule has 156 valence electrons. The Morgan fingerprint density at radius 3 is 3.00 bits per heavy atom. The number of carbonyl (C=O) groups excluding carboxylic acids is 1. The lowest BCUT2D eigenvalue weighted by Crippen LogP contribution is -2.25. The van der Waals surface area contributed by atoms with Gasteiger partial charge in [-0.1, -0.05) is 6.07 Å². The van der Waals surface area contributed by atoms with Gasteiger partial charge >= 0.3 is 0 Å². The van der Waals surface area contributed by atoms with E-state index in [-0.39, 0.29) is 17.4 Å². The Morgan fingerprint density at radius 1 is 1.26 bits per heavy atom. The minimum atomic E-state index is -0.202. The fraction of sp³-hybridized carbons (Fsp3) is 0.250. The molecule has 1 amide bonds. The van der Waals surface area contributed by atoms with Crippen LogP contribution in [0, 0.1) is 6.92 Å². The van der Waals surface area contributed by atoms with Crippen molar-refractivity contribution in [3.05, 3.63) is 76.1 Å². The van der Waals surface area contributed by atoms with Crippen LogP contribution >= 0.6 is 0 Å². The molecule has 0 saturated heterocycles. The van der Waals surface area contributed by atoms with Gasteiger partial charge in [0.15, 0.2) is 0 Å². The molecule has 0 spiro atoms. The molecule has 0 aromatic carbocycles. The maximum absolute atomic E-state index is 13.1. The lowest BCUT2D eigenvalue weighted by atomic mass is 9.83. The van der Waals surface area contributed by atoms with Crippen LogP contribution in [0.5, 0.6) is 0 Å². The second-order valence-electron chi connectivity index (χ2n) is 8.10. The van der Waals surface area contributed by atoms with Crippen molar-refractivity contribution in [3.63, 3.8) is 0 Å². The number of aromatic amines is 1. The van der Waals surface area contributed by atoms with E-state index in [4.69, 9.17) is 4.98 Å². The quantitative estimate of drug-likeness (QED) is 0.536. The first-order valence-corrected chi connectivity index (χ1v) is 10.4. The zero-order valence-electron chi connectivity index (χ0n) is 17.5. The molecule has 5 rings (SSSR count).